The zero-order valence-electron chi connectivity index (χ0n) is 9.35. The van der Waals surface area contributed by atoms with E-state index in [1.165, 1.54) is 5.56 Å². The normalized spacial score (nSPS) is 17.4. The minimum atomic E-state index is -0.404. The minimum absolute atomic E-state index is 0.0825. The predicted molar refractivity (Wildman–Crippen MR) is 60.9 cm³/mol. The highest BCUT2D eigenvalue weighted by Crippen LogP contribution is 2.37. The van der Waals surface area contributed by atoms with Crippen LogP contribution in [0.2, 0.25) is 0 Å². The summed E-state index contributed by atoms with van der Waals surface area (Å²) in [6.45, 7) is 4.74. The summed E-state index contributed by atoms with van der Waals surface area (Å²) in [4.78, 5) is 11.7. The van der Waals surface area contributed by atoms with Gasteiger partial charge in [0.15, 0.2) is 0 Å². The Balaban J connectivity index is 2.45. The summed E-state index contributed by atoms with van der Waals surface area (Å²) in [7, 11) is 1.92. The fraction of sp³-hybridized carbons (Fsp3) is 0.417. The van der Waals surface area contributed by atoms with Crippen molar-refractivity contribution in [3.8, 4) is 0 Å². The van der Waals surface area contributed by atoms with Gasteiger partial charge in [0.2, 0.25) is 5.91 Å². The van der Waals surface area contributed by atoms with E-state index in [1.54, 1.807) is 0 Å². The predicted octanol–water partition coefficient (Wildman–Crippen LogP) is 1.64. The molecule has 1 amide bonds. The van der Waals surface area contributed by atoms with E-state index in [1.807, 2.05) is 33.0 Å². The van der Waals surface area contributed by atoms with E-state index in [0.29, 0.717) is 0 Å². The maximum absolute atomic E-state index is 11.7. The fourth-order valence-corrected chi connectivity index (χ4v) is 1.93. The molecule has 1 aliphatic rings. The summed E-state index contributed by atoms with van der Waals surface area (Å²) >= 11 is 0. The van der Waals surface area contributed by atoms with Crippen LogP contribution in [0.3, 0.4) is 0 Å². The molecule has 80 valence electrons. The summed E-state index contributed by atoms with van der Waals surface area (Å²) in [5.74, 6) is 0.0825. The van der Waals surface area contributed by atoms with Gasteiger partial charge in [0.1, 0.15) is 0 Å². The molecule has 0 bridgehead atoms. The lowest BCUT2D eigenvalue weighted by Crippen LogP contribution is -2.26. The van der Waals surface area contributed by atoms with Gasteiger partial charge in [-0.15, -0.1) is 0 Å². The largest absolute Gasteiger partial charge is 0.325 e. The molecule has 1 aromatic carbocycles. The maximum atomic E-state index is 11.7. The number of hydrogen-bond acceptors (Lipinski definition) is 2. The monoisotopic (exact) mass is 204 g/mol. The molecule has 2 N–H and O–H groups in total. The highest BCUT2D eigenvalue weighted by Gasteiger charge is 2.38. The van der Waals surface area contributed by atoms with Crippen LogP contribution >= 0.6 is 0 Å². The summed E-state index contributed by atoms with van der Waals surface area (Å²) < 4.78 is 0. The number of anilines is 1. The first-order valence-corrected chi connectivity index (χ1v) is 5.15. The number of carbonyl (C=O) groups is 1. The van der Waals surface area contributed by atoms with Crippen molar-refractivity contribution < 1.29 is 4.79 Å². The second-order valence-corrected chi connectivity index (χ2v) is 4.49. The lowest BCUT2D eigenvalue weighted by Gasteiger charge is -2.15. The third-order valence-corrected chi connectivity index (χ3v) is 2.95. The molecule has 15 heavy (non-hydrogen) atoms. The summed E-state index contributed by atoms with van der Waals surface area (Å²) in [5, 5.41) is 6.01. The quantitative estimate of drug-likeness (QED) is 0.769. The first kappa shape index (κ1) is 10.2. The van der Waals surface area contributed by atoms with Crippen molar-refractivity contribution in [3.05, 3.63) is 29.3 Å². The fourth-order valence-electron chi connectivity index (χ4n) is 1.93. The third-order valence-electron chi connectivity index (χ3n) is 2.95. The number of amides is 1. The van der Waals surface area contributed by atoms with Crippen molar-refractivity contribution in [1.82, 2.24) is 5.32 Å². The Morgan fingerprint density at radius 3 is 2.80 bits per heavy atom. The molecule has 1 aromatic rings. The summed E-state index contributed by atoms with van der Waals surface area (Å²) in [5.41, 5.74) is 2.85. The first-order valence-electron chi connectivity index (χ1n) is 5.15. The Kier molecular flexibility index (Phi) is 2.27. The Hall–Kier alpha value is -1.35. The van der Waals surface area contributed by atoms with Crippen LogP contribution in [-0.4, -0.2) is 13.0 Å². The average Bonchev–Trinajstić information content (AvgIpc) is 2.40. The SMILES string of the molecule is CNCc1ccc2c(c1)C(C)(C)C(=O)N2. The zero-order valence-corrected chi connectivity index (χ0v) is 9.35. The average molecular weight is 204 g/mol. The summed E-state index contributed by atoms with van der Waals surface area (Å²) in [6, 6.07) is 6.12. The van der Waals surface area contributed by atoms with Crippen LogP contribution in [-0.2, 0) is 16.8 Å². The van der Waals surface area contributed by atoms with Gasteiger partial charge in [-0.3, -0.25) is 4.79 Å². The lowest BCUT2D eigenvalue weighted by molar-refractivity contribution is -0.119. The molecule has 0 saturated carbocycles. The number of benzene rings is 1. The molecule has 0 spiro atoms. The van der Waals surface area contributed by atoms with Crippen molar-refractivity contribution in [1.29, 1.82) is 0 Å². The molecule has 0 radical (unpaired) electrons. The second kappa shape index (κ2) is 3.35. The number of carbonyl (C=O) groups excluding carboxylic acids is 1. The van der Waals surface area contributed by atoms with E-state index in [4.69, 9.17) is 0 Å². The topological polar surface area (TPSA) is 41.1 Å². The van der Waals surface area contributed by atoms with E-state index >= 15 is 0 Å². The smallest absolute Gasteiger partial charge is 0.234 e. The zero-order chi connectivity index (χ0) is 11.1. The van der Waals surface area contributed by atoms with E-state index < -0.39 is 5.41 Å². The van der Waals surface area contributed by atoms with Crippen LogP contribution in [0, 0.1) is 0 Å². The van der Waals surface area contributed by atoms with Crippen LogP contribution in [0.5, 0.6) is 0 Å². The Morgan fingerprint density at radius 1 is 1.40 bits per heavy atom. The van der Waals surface area contributed by atoms with Crippen LogP contribution in [0.15, 0.2) is 18.2 Å². The van der Waals surface area contributed by atoms with Gasteiger partial charge in [-0.05, 0) is 38.1 Å². The van der Waals surface area contributed by atoms with E-state index in [2.05, 4.69) is 16.7 Å². The molecule has 1 heterocycles. The highest BCUT2D eigenvalue weighted by molar-refractivity contribution is 6.05. The number of hydrogen-bond donors (Lipinski definition) is 2. The van der Waals surface area contributed by atoms with Crippen molar-refractivity contribution in [3.63, 3.8) is 0 Å². The number of nitrogens with one attached hydrogen (secondary N) is 2. The van der Waals surface area contributed by atoms with Crippen molar-refractivity contribution in [2.45, 2.75) is 25.8 Å². The molecular weight excluding hydrogens is 188 g/mol. The van der Waals surface area contributed by atoms with Crippen LogP contribution in [0.4, 0.5) is 5.69 Å². The van der Waals surface area contributed by atoms with Crippen molar-refractivity contribution in [2.24, 2.45) is 0 Å². The van der Waals surface area contributed by atoms with Gasteiger partial charge in [-0.25, -0.2) is 0 Å². The molecule has 2 rings (SSSR count). The van der Waals surface area contributed by atoms with E-state index in [-0.39, 0.29) is 5.91 Å². The maximum Gasteiger partial charge on any atom is 0.234 e. The van der Waals surface area contributed by atoms with Crippen LogP contribution in [0.25, 0.3) is 0 Å². The lowest BCUT2D eigenvalue weighted by atomic mass is 9.85. The van der Waals surface area contributed by atoms with Gasteiger partial charge in [0.25, 0.3) is 0 Å². The van der Waals surface area contributed by atoms with Gasteiger partial charge >= 0.3 is 0 Å². The van der Waals surface area contributed by atoms with Crippen molar-refractivity contribution in [2.75, 3.05) is 12.4 Å². The van der Waals surface area contributed by atoms with Gasteiger partial charge in [-0.1, -0.05) is 12.1 Å². The summed E-state index contributed by atoms with van der Waals surface area (Å²) in [6.07, 6.45) is 0. The number of rotatable bonds is 2. The molecule has 3 heteroatoms. The molecule has 0 aliphatic carbocycles. The molecule has 3 nitrogen and oxygen atoms in total. The Morgan fingerprint density at radius 2 is 2.13 bits per heavy atom. The molecule has 0 unspecified atom stereocenters. The van der Waals surface area contributed by atoms with E-state index in [0.717, 1.165) is 17.8 Å². The first-order chi connectivity index (χ1) is 7.05. The standard InChI is InChI=1S/C12H16N2O/c1-12(2)9-6-8(7-13-3)4-5-10(9)14-11(12)15/h4-6,13H,7H2,1-3H3,(H,14,15). The van der Waals surface area contributed by atoms with Gasteiger partial charge in [-0.2, -0.15) is 0 Å². The number of fused-ring (bicyclic) bond motifs is 1. The molecule has 0 aromatic heterocycles. The molecule has 1 aliphatic heterocycles. The van der Waals surface area contributed by atoms with Crippen LogP contribution < -0.4 is 10.6 Å². The van der Waals surface area contributed by atoms with Crippen LogP contribution in [0.1, 0.15) is 25.0 Å². The van der Waals surface area contributed by atoms with E-state index in [9.17, 15) is 4.79 Å². The second-order valence-electron chi connectivity index (χ2n) is 4.49. The van der Waals surface area contributed by atoms with Crippen molar-refractivity contribution >= 4 is 11.6 Å². The Labute approximate surface area is 89.9 Å². The van der Waals surface area contributed by atoms with Gasteiger partial charge < -0.3 is 10.6 Å². The third kappa shape index (κ3) is 1.53. The Bertz CT molecular complexity index is 410. The molecule has 0 atom stereocenters. The van der Waals surface area contributed by atoms with Gasteiger partial charge in [0.05, 0.1) is 5.41 Å². The molecular formula is C12H16N2O. The molecule has 0 fully saturated rings. The molecule has 0 saturated heterocycles. The van der Waals surface area contributed by atoms with Gasteiger partial charge in [0, 0.05) is 12.2 Å². The highest BCUT2D eigenvalue weighted by atomic mass is 16.2. The minimum Gasteiger partial charge on any atom is -0.325 e.